The van der Waals surface area contributed by atoms with Crippen LogP contribution < -0.4 is 0 Å². The topological polar surface area (TPSA) is 59.2 Å². The molecule has 0 aliphatic carbocycles. The molecule has 1 aromatic carbocycles. The van der Waals surface area contributed by atoms with Gasteiger partial charge < -0.3 is 9.42 Å². The second-order valence-corrected chi connectivity index (χ2v) is 8.48. The summed E-state index contributed by atoms with van der Waals surface area (Å²) in [5.41, 5.74) is 1.42. The molecule has 166 valence electrons. The van der Waals surface area contributed by atoms with E-state index in [0.29, 0.717) is 35.2 Å². The number of benzene rings is 1. The van der Waals surface area contributed by atoms with E-state index in [1.54, 1.807) is 18.9 Å². The Hall–Kier alpha value is -3.20. The quantitative estimate of drug-likeness (QED) is 0.356. The molecule has 0 aliphatic heterocycles. The monoisotopic (exact) mass is 459 g/mol. The molecule has 0 saturated carbocycles. The van der Waals surface area contributed by atoms with Crippen molar-refractivity contribution in [1.29, 1.82) is 0 Å². The molecule has 0 saturated heterocycles. The number of fused-ring (bicyclic) bond motifs is 1. The van der Waals surface area contributed by atoms with Gasteiger partial charge in [0.1, 0.15) is 22.0 Å². The molecule has 0 atom stereocenters. The summed E-state index contributed by atoms with van der Waals surface area (Å²) >= 11 is 0.991. The van der Waals surface area contributed by atoms with Crippen LogP contribution in [0, 0.1) is 6.92 Å². The number of halogens is 3. The molecule has 9 heteroatoms. The lowest BCUT2D eigenvalue weighted by molar-refractivity contribution is -0.140. The minimum absolute atomic E-state index is 0.212. The molecule has 32 heavy (non-hydrogen) atoms. The van der Waals surface area contributed by atoms with Gasteiger partial charge in [-0.25, -0.2) is 4.98 Å². The van der Waals surface area contributed by atoms with E-state index in [4.69, 9.17) is 4.52 Å². The van der Waals surface area contributed by atoms with E-state index in [0.717, 1.165) is 34.4 Å². The van der Waals surface area contributed by atoms with Crippen molar-refractivity contribution in [3.05, 3.63) is 70.4 Å². The zero-order chi connectivity index (χ0) is 22.9. The highest BCUT2D eigenvalue weighted by Crippen LogP contribution is 2.34. The third-order valence-electron chi connectivity index (χ3n) is 5.18. The number of amides is 1. The number of aryl methyl sites for hydroxylation is 2. The summed E-state index contributed by atoms with van der Waals surface area (Å²) in [6, 6.07) is 13.9. The third-order valence-corrected chi connectivity index (χ3v) is 6.37. The number of rotatable bonds is 6. The number of pyridine rings is 1. The predicted molar refractivity (Wildman–Crippen MR) is 117 cm³/mol. The molecular formula is C23H20F3N3O2S. The summed E-state index contributed by atoms with van der Waals surface area (Å²) in [6.45, 7) is 2.20. The molecule has 0 spiro atoms. The molecule has 0 fully saturated rings. The van der Waals surface area contributed by atoms with Crippen LogP contribution in [0.1, 0.15) is 33.1 Å². The Morgan fingerprint density at radius 1 is 1.16 bits per heavy atom. The van der Waals surface area contributed by atoms with Crippen LogP contribution in [0.5, 0.6) is 0 Å². The summed E-state index contributed by atoms with van der Waals surface area (Å²) in [7, 11) is 1.68. The third kappa shape index (κ3) is 4.52. The normalized spacial score (nSPS) is 11.8. The summed E-state index contributed by atoms with van der Waals surface area (Å²) < 4.78 is 44.2. The highest BCUT2D eigenvalue weighted by Gasteiger charge is 2.33. The fourth-order valence-corrected chi connectivity index (χ4v) is 4.58. The molecule has 3 heterocycles. The highest BCUT2D eigenvalue weighted by molar-refractivity contribution is 7.20. The van der Waals surface area contributed by atoms with Gasteiger partial charge in [-0.05, 0) is 31.0 Å². The molecule has 1 amide bonds. The number of carbonyl (C=O) groups excluding carboxylic acids is 1. The van der Waals surface area contributed by atoms with E-state index in [1.165, 1.54) is 6.07 Å². The van der Waals surface area contributed by atoms with Gasteiger partial charge >= 0.3 is 6.18 Å². The van der Waals surface area contributed by atoms with Gasteiger partial charge in [-0.3, -0.25) is 4.79 Å². The van der Waals surface area contributed by atoms with Crippen molar-refractivity contribution in [2.24, 2.45) is 0 Å². The number of hydrogen-bond acceptors (Lipinski definition) is 5. The number of hydrogen-bond donors (Lipinski definition) is 0. The highest BCUT2D eigenvalue weighted by atomic mass is 32.1. The molecular weight excluding hydrogens is 439 g/mol. The van der Waals surface area contributed by atoms with Crippen molar-refractivity contribution >= 4 is 27.5 Å². The second-order valence-electron chi connectivity index (χ2n) is 7.48. The van der Waals surface area contributed by atoms with Crippen molar-refractivity contribution in [3.63, 3.8) is 0 Å². The Morgan fingerprint density at radius 3 is 2.62 bits per heavy atom. The molecule has 0 N–H and O–H groups in total. The van der Waals surface area contributed by atoms with Crippen LogP contribution in [0.2, 0.25) is 0 Å². The first-order valence-electron chi connectivity index (χ1n) is 9.98. The van der Waals surface area contributed by atoms with E-state index in [1.807, 2.05) is 36.4 Å². The maximum atomic E-state index is 12.9. The minimum Gasteiger partial charge on any atom is -0.361 e. The summed E-state index contributed by atoms with van der Waals surface area (Å²) in [6.07, 6.45) is -3.25. The Labute approximate surface area is 186 Å². The average Bonchev–Trinajstić information content (AvgIpc) is 3.37. The molecule has 3 aromatic heterocycles. The summed E-state index contributed by atoms with van der Waals surface area (Å²) in [4.78, 5) is 18.8. The number of carbonyl (C=O) groups is 1. The summed E-state index contributed by atoms with van der Waals surface area (Å²) in [5.74, 6) is 0.494. The Bertz CT molecular complexity index is 1250. The molecule has 4 aromatic rings. The van der Waals surface area contributed by atoms with Gasteiger partial charge in [0.2, 0.25) is 0 Å². The number of aromatic nitrogens is 2. The first-order chi connectivity index (χ1) is 15.2. The van der Waals surface area contributed by atoms with Crippen LogP contribution in [0.15, 0.2) is 53.1 Å². The van der Waals surface area contributed by atoms with Gasteiger partial charge in [0.25, 0.3) is 5.91 Å². The molecule has 0 radical (unpaired) electrons. The first kappa shape index (κ1) is 22.0. The predicted octanol–water partition coefficient (Wildman–Crippen LogP) is 5.98. The molecule has 0 aliphatic rings. The van der Waals surface area contributed by atoms with Crippen molar-refractivity contribution < 1.29 is 22.5 Å². The molecule has 4 rings (SSSR count). The number of alkyl halides is 3. The average molecular weight is 459 g/mol. The van der Waals surface area contributed by atoms with Crippen molar-refractivity contribution in [1.82, 2.24) is 15.0 Å². The molecule has 0 bridgehead atoms. The zero-order valence-electron chi connectivity index (χ0n) is 17.4. The van der Waals surface area contributed by atoms with Gasteiger partial charge in [0.05, 0.1) is 4.88 Å². The van der Waals surface area contributed by atoms with E-state index in [9.17, 15) is 18.0 Å². The lowest BCUT2D eigenvalue weighted by atomic mass is 10.1. The van der Waals surface area contributed by atoms with E-state index in [-0.39, 0.29) is 10.7 Å². The Balaban J connectivity index is 1.40. The number of thiophene rings is 1. The molecule has 0 unspecified atom stereocenters. The van der Waals surface area contributed by atoms with Crippen LogP contribution in [0.4, 0.5) is 13.2 Å². The summed E-state index contributed by atoms with van der Waals surface area (Å²) in [5, 5.41) is 4.65. The first-order valence-corrected chi connectivity index (χ1v) is 10.8. The van der Waals surface area contributed by atoms with Gasteiger partial charge in [0.15, 0.2) is 0 Å². The Morgan fingerprint density at radius 2 is 1.91 bits per heavy atom. The second kappa shape index (κ2) is 8.74. The van der Waals surface area contributed by atoms with Crippen LogP contribution >= 0.6 is 11.3 Å². The minimum atomic E-state index is -4.52. The van der Waals surface area contributed by atoms with Crippen LogP contribution in [-0.4, -0.2) is 34.5 Å². The number of nitrogens with zero attached hydrogens (tertiary/aromatic N) is 3. The standard InChI is InChI=1S/C23H20F3N3O2S/c1-14-17-10-11-19(23(24,25)26)27-21(17)32-20(14)22(30)29(2)12-6-9-16-13-18(28-31-16)15-7-4-3-5-8-15/h3-5,7-8,10-11,13H,6,9,12H2,1-2H3. The smallest absolute Gasteiger partial charge is 0.361 e. The van der Waals surface area contributed by atoms with E-state index >= 15 is 0 Å². The SMILES string of the molecule is Cc1c(C(=O)N(C)CCCc2cc(-c3ccccc3)no2)sc2nc(C(F)(F)F)ccc12. The van der Waals surface area contributed by atoms with Gasteiger partial charge in [-0.15, -0.1) is 11.3 Å². The fourth-order valence-electron chi connectivity index (χ4n) is 3.40. The Kier molecular flexibility index (Phi) is 6.01. The lowest BCUT2D eigenvalue weighted by Crippen LogP contribution is -2.27. The van der Waals surface area contributed by atoms with Crippen LogP contribution in [-0.2, 0) is 12.6 Å². The van der Waals surface area contributed by atoms with Gasteiger partial charge in [0, 0.05) is 37.0 Å². The zero-order valence-corrected chi connectivity index (χ0v) is 18.3. The maximum absolute atomic E-state index is 12.9. The van der Waals surface area contributed by atoms with Crippen LogP contribution in [0.25, 0.3) is 21.5 Å². The van der Waals surface area contributed by atoms with Gasteiger partial charge in [-0.1, -0.05) is 35.5 Å². The van der Waals surface area contributed by atoms with E-state index < -0.39 is 11.9 Å². The van der Waals surface area contributed by atoms with Gasteiger partial charge in [-0.2, -0.15) is 13.2 Å². The lowest BCUT2D eigenvalue weighted by Gasteiger charge is -2.16. The van der Waals surface area contributed by atoms with Crippen molar-refractivity contribution in [3.8, 4) is 11.3 Å². The largest absolute Gasteiger partial charge is 0.433 e. The van der Waals surface area contributed by atoms with Crippen LogP contribution in [0.3, 0.4) is 0 Å². The molecule has 5 nitrogen and oxygen atoms in total. The fraction of sp³-hybridized carbons (Fsp3) is 0.261. The maximum Gasteiger partial charge on any atom is 0.433 e. The van der Waals surface area contributed by atoms with E-state index in [2.05, 4.69) is 10.1 Å². The van der Waals surface area contributed by atoms with Crippen molar-refractivity contribution in [2.75, 3.05) is 13.6 Å². The van der Waals surface area contributed by atoms with Crippen molar-refractivity contribution in [2.45, 2.75) is 25.9 Å².